The van der Waals surface area contributed by atoms with Crippen LogP contribution in [0.5, 0.6) is 0 Å². The van der Waals surface area contributed by atoms with E-state index in [1.54, 1.807) is 6.07 Å². The summed E-state index contributed by atoms with van der Waals surface area (Å²) in [4.78, 5) is 11.7. The van der Waals surface area contributed by atoms with Crippen LogP contribution in [0.4, 0.5) is 19.0 Å². The average molecular weight is 555 g/mol. The van der Waals surface area contributed by atoms with E-state index in [1.165, 1.54) is 6.33 Å². The molecule has 1 atom stereocenters. The Morgan fingerprint density at radius 2 is 2.03 bits per heavy atom. The highest BCUT2D eigenvalue weighted by Gasteiger charge is 2.30. The molecule has 37 heavy (non-hydrogen) atoms. The third-order valence-corrected chi connectivity index (χ3v) is 12.0. The summed E-state index contributed by atoms with van der Waals surface area (Å²) < 4.78 is 46.8. The molecule has 3 aromatic heterocycles. The van der Waals surface area contributed by atoms with Crippen molar-refractivity contribution < 1.29 is 17.6 Å². The van der Waals surface area contributed by atoms with Gasteiger partial charge in [-0.15, -0.1) is 11.3 Å². The first-order valence-corrected chi connectivity index (χ1v) is 16.7. The van der Waals surface area contributed by atoms with Crippen LogP contribution in [-0.4, -0.2) is 60.0 Å². The second kappa shape index (κ2) is 11.8. The van der Waals surface area contributed by atoms with E-state index in [-0.39, 0.29) is 4.88 Å². The van der Waals surface area contributed by atoms with E-state index in [4.69, 9.17) is 4.43 Å². The quantitative estimate of drug-likeness (QED) is 0.321. The topological polar surface area (TPSA) is 68.1 Å². The monoisotopic (exact) mass is 554 g/mol. The first-order chi connectivity index (χ1) is 17.5. The van der Waals surface area contributed by atoms with E-state index in [0.717, 1.165) is 68.2 Å². The fourth-order valence-corrected chi connectivity index (χ4v) is 6.36. The van der Waals surface area contributed by atoms with Crippen LogP contribution in [0.25, 0.3) is 10.2 Å². The number of hydrogen-bond donors (Lipinski definition) is 1. The lowest BCUT2D eigenvalue weighted by molar-refractivity contribution is -0.126. The number of halogens is 3. The molecule has 1 saturated heterocycles. The van der Waals surface area contributed by atoms with E-state index >= 15 is 0 Å². The van der Waals surface area contributed by atoms with Gasteiger partial charge in [0.15, 0.2) is 8.32 Å². The van der Waals surface area contributed by atoms with Crippen LogP contribution < -0.4 is 10.2 Å². The number of nitrogens with one attached hydrogen (secondary N) is 1. The summed E-state index contributed by atoms with van der Waals surface area (Å²) in [5.74, 6) is 0.738. The molecule has 0 saturated carbocycles. The molecule has 0 aromatic carbocycles. The number of hydrogen-bond acceptors (Lipinski definition) is 7. The molecule has 12 heteroatoms. The maximum atomic E-state index is 12.9. The molecule has 1 aliphatic rings. The smallest absolute Gasteiger partial charge is 0.393 e. The predicted molar refractivity (Wildman–Crippen MR) is 145 cm³/mol. The van der Waals surface area contributed by atoms with Crippen molar-refractivity contribution in [3.8, 4) is 0 Å². The molecule has 1 fully saturated rings. The molecule has 4 rings (SSSR count). The first kappa shape index (κ1) is 28.0. The van der Waals surface area contributed by atoms with Crippen molar-refractivity contribution in [2.45, 2.75) is 83.5 Å². The van der Waals surface area contributed by atoms with E-state index in [2.05, 4.69) is 58.4 Å². The molecular formula is C25H37F3N6OSSi. The van der Waals surface area contributed by atoms with Gasteiger partial charge < -0.3 is 14.6 Å². The summed E-state index contributed by atoms with van der Waals surface area (Å²) >= 11 is 1.10. The molecular weight excluding hydrogens is 517 g/mol. The van der Waals surface area contributed by atoms with Gasteiger partial charge in [0.25, 0.3) is 0 Å². The number of alkyl halides is 3. The standard InChI is InChI=1S/C25H37F3N6OSSi/c1-18(2)37(3,4)35-11-10-34-16-19(15-32-34)14-29-20-6-5-8-33(9-7-20)23-22-12-21(13-25(26,27)28)36-24(22)31-17-30-23/h12,15-18,20,29H,5-11,13-14H2,1-4H3/t20-/m1/s1. The van der Waals surface area contributed by atoms with Crippen LogP contribution in [0, 0.1) is 0 Å². The van der Waals surface area contributed by atoms with Crippen LogP contribution in [0.1, 0.15) is 43.6 Å². The summed E-state index contributed by atoms with van der Waals surface area (Å²) in [5, 5.41) is 8.87. The van der Waals surface area contributed by atoms with E-state index < -0.39 is 20.9 Å². The number of nitrogens with zero attached hydrogens (tertiary/aromatic N) is 5. The number of anilines is 1. The largest absolute Gasteiger partial charge is 0.415 e. The van der Waals surface area contributed by atoms with Crippen molar-refractivity contribution in [3.63, 3.8) is 0 Å². The molecule has 0 radical (unpaired) electrons. The Balaban J connectivity index is 1.29. The molecule has 0 unspecified atom stereocenters. The van der Waals surface area contributed by atoms with Crippen molar-refractivity contribution >= 4 is 35.7 Å². The van der Waals surface area contributed by atoms with Gasteiger partial charge >= 0.3 is 6.18 Å². The third kappa shape index (κ3) is 7.74. The number of thiophene rings is 1. The second-order valence-corrected chi connectivity index (χ2v) is 16.4. The van der Waals surface area contributed by atoms with Gasteiger partial charge in [0.1, 0.15) is 17.0 Å². The highest BCUT2D eigenvalue weighted by molar-refractivity contribution is 7.18. The van der Waals surface area contributed by atoms with Gasteiger partial charge in [0, 0.05) is 42.3 Å². The number of aromatic nitrogens is 4. The van der Waals surface area contributed by atoms with Gasteiger partial charge in [-0.1, -0.05) is 13.8 Å². The average Bonchev–Trinajstić information content (AvgIpc) is 3.36. The highest BCUT2D eigenvalue weighted by Crippen LogP contribution is 2.34. The Bertz CT molecular complexity index is 1160. The fraction of sp³-hybridized carbons (Fsp3) is 0.640. The van der Waals surface area contributed by atoms with Crippen molar-refractivity contribution in [1.29, 1.82) is 0 Å². The van der Waals surface area contributed by atoms with Crippen LogP contribution >= 0.6 is 11.3 Å². The lowest BCUT2D eigenvalue weighted by Crippen LogP contribution is -2.35. The van der Waals surface area contributed by atoms with Crippen LogP contribution in [0.2, 0.25) is 18.6 Å². The molecule has 0 amide bonds. The molecule has 7 nitrogen and oxygen atoms in total. The molecule has 0 bridgehead atoms. The SMILES string of the molecule is CC(C)[Si](C)(C)OCCn1cc(CN[C@@H]2CCCN(c3ncnc4sc(CC(F)(F)F)cc34)CC2)cn1. The zero-order valence-corrected chi connectivity index (χ0v) is 23.8. The zero-order chi connectivity index (χ0) is 26.6. The molecule has 4 heterocycles. The predicted octanol–water partition coefficient (Wildman–Crippen LogP) is 5.77. The summed E-state index contributed by atoms with van der Waals surface area (Å²) in [6.07, 6.45) is 3.24. The van der Waals surface area contributed by atoms with Gasteiger partial charge in [-0.2, -0.15) is 18.3 Å². The van der Waals surface area contributed by atoms with Crippen LogP contribution in [0.15, 0.2) is 24.8 Å². The Hall–Kier alpha value is -2.02. The normalized spacial score (nSPS) is 17.6. The van der Waals surface area contributed by atoms with Crippen molar-refractivity contribution in [1.82, 2.24) is 25.1 Å². The van der Waals surface area contributed by atoms with Crippen molar-refractivity contribution in [2.75, 3.05) is 24.6 Å². The van der Waals surface area contributed by atoms with E-state index in [1.807, 2.05) is 10.9 Å². The van der Waals surface area contributed by atoms with Crippen LogP contribution in [0.3, 0.4) is 0 Å². The van der Waals surface area contributed by atoms with Crippen molar-refractivity contribution in [3.05, 3.63) is 35.2 Å². The van der Waals surface area contributed by atoms with Gasteiger partial charge in [-0.05, 0) is 44.0 Å². The first-order valence-electron chi connectivity index (χ1n) is 12.9. The van der Waals surface area contributed by atoms with Gasteiger partial charge in [0.2, 0.25) is 0 Å². The summed E-state index contributed by atoms with van der Waals surface area (Å²) in [6.45, 7) is 12.8. The summed E-state index contributed by atoms with van der Waals surface area (Å²) in [6, 6.07) is 1.97. The highest BCUT2D eigenvalue weighted by atomic mass is 32.1. The molecule has 204 valence electrons. The van der Waals surface area contributed by atoms with E-state index in [9.17, 15) is 13.2 Å². The van der Waals surface area contributed by atoms with Gasteiger partial charge in [-0.25, -0.2) is 9.97 Å². The minimum Gasteiger partial charge on any atom is -0.415 e. The lowest BCUT2D eigenvalue weighted by atomic mass is 10.1. The van der Waals surface area contributed by atoms with Gasteiger partial charge in [-0.3, -0.25) is 4.68 Å². The second-order valence-electron chi connectivity index (χ2n) is 10.6. The molecule has 0 spiro atoms. The minimum atomic E-state index is -4.23. The Morgan fingerprint density at radius 1 is 1.22 bits per heavy atom. The third-order valence-electron chi connectivity index (χ3n) is 7.23. The Morgan fingerprint density at radius 3 is 2.78 bits per heavy atom. The maximum Gasteiger partial charge on any atom is 0.393 e. The fourth-order valence-electron chi connectivity index (χ4n) is 4.39. The van der Waals surface area contributed by atoms with Crippen molar-refractivity contribution in [2.24, 2.45) is 0 Å². The molecule has 1 N–H and O–H groups in total. The number of fused-ring (bicyclic) bond motifs is 1. The molecule has 1 aliphatic heterocycles. The zero-order valence-electron chi connectivity index (χ0n) is 22.0. The van der Waals surface area contributed by atoms with Gasteiger partial charge in [0.05, 0.1) is 31.2 Å². The van der Waals surface area contributed by atoms with Crippen LogP contribution in [-0.2, 0) is 23.9 Å². The maximum absolute atomic E-state index is 12.9. The lowest BCUT2D eigenvalue weighted by Gasteiger charge is -2.26. The Kier molecular flexibility index (Phi) is 8.92. The minimum absolute atomic E-state index is 0.274. The Labute approximate surface area is 221 Å². The summed E-state index contributed by atoms with van der Waals surface area (Å²) in [5.41, 5.74) is 1.73. The summed E-state index contributed by atoms with van der Waals surface area (Å²) in [7, 11) is -1.63. The number of rotatable bonds is 10. The molecule has 3 aromatic rings. The molecule has 0 aliphatic carbocycles. The van der Waals surface area contributed by atoms with E-state index in [0.29, 0.717) is 28.4 Å².